The van der Waals surface area contributed by atoms with Gasteiger partial charge < -0.3 is 14.6 Å². The number of rotatable bonds is 9. The molecule has 0 amide bonds. The van der Waals surface area contributed by atoms with Gasteiger partial charge in [0.2, 0.25) is 0 Å². The number of benzene rings is 1. The van der Waals surface area contributed by atoms with E-state index in [1.165, 1.54) is 0 Å². The molecule has 0 saturated heterocycles. The minimum Gasteiger partial charge on any atom is -0.461 e. The van der Waals surface area contributed by atoms with Crippen LogP contribution in [0.2, 0.25) is 0 Å². The monoisotopic (exact) mass is 302 g/mol. The summed E-state index contributed by atoms with van der Waals surface area (Å²) < 4.78 is 6.01. The van der Waals surface area contributed by atoms with Gasteiger partial charge in [-0.3, -0.25) is 0 Å². The number of aliphatic hydroxyl groups is 2. The molecule has 2 rings (SSSR count). The highest BCUT2D eigenvalue weighted by Gasteiger charge is 2.19. The fourth-order valence-corrected chi connectivity index (χ4v) is 2.61. The summed E-state index contributed by atoms with van der Waals surface area (Å²) in [4.78, 5) is 0. The van der Waals surface area contributed by atoms with Crippen LogP contribution in [0.1, 0.15) is 56.5 Å². The summed E-state index contributed by atoms with van der Waals surface area (Å²) in [7, 11) is 0. The highest BCUT2D eigenvalue weighted by Crippen LogP contribution is 2.34. The van der Waals surface area contributed by atoms with Gasteiger partial charge in [-0.1, -0.05) is 50.1 Å². The summed E-state index contributed by atoms with van der Waals surface area (Å²) in [5, 5.41) is 19.4. The van der Waals surface area contributed by atoms with Crippen molar-refractivity contribution in [3.8, 4) is 11.3 Å². The van der Waals surface area contributed by atoms with Crippen molar-refractivity contribution in [1.29, 1.82) is 0 Å². The Morgan fingerprint density at radius 2 is 1.86 bits per heavy atom. The molecule has 0 aliphatic heterocycles. The molecule has 22 heavy (non-hydrogen) atoms. The number of hydrogen-bond acceptors (Lipinski definition) is 3. The Hall–Kier alpha value is -1.58. The summed E-state index contributed by atoms with van der Waals surface area (Å²) >= 11 is 0. The normalized spacial score (nSPS) is 12.5. The highest BCUT2D eigenvalue weighted by atomic mass is 16.3. The van der Waals surface area contributed by atoms with E-state index in [0.29, 0.717) is 0 Å². The molecule has 3 nitrogen and oxygen atoms in total. The van der Waals surface area contributed by atoms with Crippen molar-refractivity contribution < 1.29 is 14.6 Å². The van der Waals surface area contributed by atoms with Crippen molar-refractivity contribution in [2.75, 3.05) is 6.61 Å². The average Bonchev–Trinajstić information content (AvgIpc) is 2.98. The van der Waals surface area contributed by atoms with E-state index in [1.54, 1.807) is 0 Å². The van der Waals surface area contributed by atoms with Crippen molar-refractivity contribution in [1.82, 2.24) is 0 Å². The summed E-state index contributed by atoms with van der Waals surface area (Å²) in [6.07, 6.45) is 4.80. The van der Waals surface area contributed by atoms with E-state index in [9.17, 15) is 5.11 Å². The number of unbranched alkanes of at least 4 members (excludes halogenated alkanes) is 2. The summed E-state index contributed by atoms with van der Waals surface area (Å²) in [5.74, 6) is 1.67. The Morgan fingerprint density at radius 1 is 1.09 bits per heavy atom. The van der Waals surface area contributed by atoms with Crippen molar-refractivity contribution in [3.63, 3.8) is 0 Å². The van der Waals surface area contributed by atoms with Gasteiger partial charge in [-0.05, 0) is 25.3 Å². The lowest BCUT2D eigenvalue weighted by atomic mass is 10.0. The van der Waals surface area contributed by atoms with E-state index < -0.39 is 6.10 Å². The first-order valence-electron chi connectivity index (χ1n) is 8.23. The zero-order chi connectivity index (χ0) is 15.8. The summed E-state index contributed by atoms with van der Waals surface area (Å²) in [6, 6.07) is 11.9. The van der Waals surface area contributed by atoms with Crippen LogP contribution in [0, 0.1) is 0 Å². The maximum absolute atomic E-state index is 10.5. The van der Waals surface area contributed by atoms with Gasteiger partial charge in [0.1, 0.15) is 11.5 Å². The molecule has 0 saturated carbocycles. The third kappa shape index (κ3) is 4.46. The Labute approximate surface area is 132 Å². The van der Waals surface area contributed by atoms with E-state index in [1.807, 2.05) is 36.4 Å². The molecular formula is C19H26O3. The van der Waals surface area contributed by atoms with Crippen LogP contribution in [-0.2, 0) is 6.42 Å². The molecule has 0 spiro atoms. The predicted molar refractivity (Wildman–Crippen MR) is 88.7 cm³/mol. The molecule has 0 bridgehead atoms. The molecule has 1 heterocycles. The maximum Gasteiger partial charge on any atom is 0.140 e. The van der Waals surface area contributed by atoms with E-state index in [2.05, 4.69) is 6.92 Å². The number of aliphatic hydroxyl groups excluding tert-OH is 2. The average molecular weight is 302 g/mol. The van der Waals surface area contributed by atoms with Crippen molar-refractivity contribution >= 4 is 0 Å². The lowest BCUT2D eigenvalue weighted by molar-refractivity contribution is 0.164. The SMILES string of the molecule is CCCCC(O)c1cc(CCCCO)oc1-c1ccccc1. The van der Waals surface area contributed by atoms with E-state index in [0.717, 1.165) is 61.2 Å². The largest absolute Gasteiger partial charge is 0.461 e. The van der Waals surface area contributed by atoms with Gasteiger partial charge in [0.05, 0.1) is 6.10 Å². The highest BCUT2D eigenvalue weighted by molar-refractivity contribution is 5.62. The van der Waals surface area contributed by atoms with Crippen LogP contribution in [0.3, 0.4) is 0 Å². The molecule has 1 atom stereocenters. The molecule has 1 aromatic heterocycles. The molecule has 0 aliphatic carbocycles. The Bertz CT molecular complexity index is 545. The van der Waals surface area contributed by atoms with E-state index in [-0.39, 0.29) is 6.61 Å². The zero-order valence-electron chi connectivity index (χ0n) is 13.3. The third-order valence-electron chi connectivity index (χ3n) is 3.87. The second-order valence-electron chi connectivity index (χ2n) is 5.70. The Morgan fingerprint density at radius 3 is 2.55 bits per heavy atom. The van der Waals surface area contributed by atoms with Crippen molar-refractivity contribution in [2.45, 2.75) is 51.6 Å². The quantitative estimate of drug-likeness (QED) is 0.671. The van der Waals surface area contributed by atoms with Gasteiger partial charge in [-0.2, -0.15) is 0 Å². The molecule has 2 N–H and O–H groups in total. The minimum absolute atomic E-state index is 0.207. The molecule has 2 aromatic rings. The first-order valence-corrected chi connectivity index (χ1v) is 8.23. The maximum atomic E-state index is 10.5. The molecule has 0 fully saturated rings. The van der Waals surface area contributed by atoms with Gasteiger partial charge in [0.25, 0.3) is 0 Å². The first-order chi connectivity index (χ1) is 10.8. The lowest BCUT2D eigenvalue weighted by Crippen LogP contribution is -1.97. The topological polar surface area (TPSA) is 53.6 Å². The smallest absolute Gasteiger partial charge is 0.140 e. The molecule has 0 aliphatic rings. The Kier molecular flexibility index (Phi) is 6.69. The summed E-state index contributed by atoms with van der Waals surface area (Å²) in [5.41, 5.74) is 1.89. The lowest BCUT2D eigenvalue weighted by Gasteiger charge is -2.10. The molecule has 3 heteroatoms. The number of hydrogen-bond donors (Lipinski definition) is 2. The van der Waals surface area contributed by atoms with E-state index >= 15 is 0 Å². The van der Waals surface area contributed by atoms with E-state index in [4.69, 9.17) is 9.52 Å². The summed E-state index contributed by atoms with van der Waals surface area (Å²) in [6.45, 7) is 2.33. The minimum atomic E-state index is -0.481. The molecule has 0 radical (unpaired) electrons. The van der Waals surface area contributed by atoms with Crippen LogP contribution in [0.4, 0.5) is 0 Å². The molecule has 1 aromatic carbocycles. The number of furan rings is 1. The van der Waals surface area contributed by atoms with Crippen molar-refractivity contribution in [3.05, 3.63) is 47.7 Å². The van der Waals surface area contributed by atoms with Crippen LogP contribution >= 0.6 is 0 Å². The fraction of sp³-hybridized carbons (Fsp3) is 0.474. The van der Waals surface area contributed by atoms with Gasteiger partial charge in [0.15, 0.2) is 0 Å². The number of aryl methyl sites for hydroxylation is 1. The van der Waals surface area contributed by atoms with Crippen LogP contribution in [0.25, 0.3) is 11.3 Å². The zero-order valence-corrected chi connectivity index (χ0v) is 13.3. The molecule has 1 unspecified atom stereocenters. The van der Waals surface area contributed by atoms with Crippen molar-refractivity contribution in [2.24, 2.45) is 0 Å². The second-order valence-corrected chi connectivity index (χ2v) is 5.70. The second kappa shape index (κ2) is 8.76. The van der Waals surface area contributed by atoms with Gasteiger partial charge >= 0.3 is 0 Å². The Balaban J connectivity index is 2.24. The predicted octanol–water partition coefficient (Wildman–Crippen LogP) is 4.49. The van der Waals surface area contributed by atoms with Gasteiger partial charge in [0, 0.05) is 24.2 Å². The van der Waals surface area contributed by atoms with Crippen LogP contribution in [0.15, 0.2) is 40.8 Å². The van der Waals surface area contributed by atoms with Crippen LogP contribution in [0.5, 0.6) is 0 Å². The molecular weight excluding hydrogens is 276 g/mol. The first kappa shape index (κ1) is 16.8. The standard InChI is InChI=1S/C19H26O3/c1-2-3-12-18(21)17-14-16(11-7-8-13-20)22-19(17)15-9-5-4-6-10-15/h4-6,9-10,14,18,20-21H,2-3,7-8,11-13H2,1H3. The van der Waals surface area contributed by atoms with Crippen LogP contribution < -0.4 is 0 Å². The van der Waals surface area contributed by atoms with Gasteiger partial charge in [-0.15, -0.1) is 0 Å². The third-order valence-corrected chi connectivity index (χ3v) is 3.87. The molecule has 120 valence electrons. The fourth-order valence-electron chi connectivity index (χ4n) is 2.61. The van der Waals surface area contributed by atoms with Crippen LogP contribution in [-0.4, -0.2) is 16.8 Å². The van der Waals surface area contributed by atoms with Gasteiger partial charge in [-0.25, -0.2) is 0 Å².